The molecule has 1 atom stereocenters. The van der Waals surface area contributed by atoms with E-state index in [0.29, 0.717) is 13.2 Å². The first-order valence-corrected chi connectivity index (χ1v) is 8.01. The van der Waals surface area contributed by atoms with Gasteiger partial charge in [-0.15, -0.1) is 11.3 Å². The monoisotopic (exact) mass is 319 g/mol. The van der Waals surface area contributed by atoms with E-state index >= 15 is 0 Å². The van der Waals surface area contributed by atoms with Gasteiger partial charge in [0.1, 0.15) is 0 Å². The van der Waals surface area contributed by atoms with Gasteiger partial charge < -0.3 is 15.4 Å². The van der Waals surface area contributed by atoms with E-state index in [-0.39, 0.29) is 11.9 Å². The highest BCUT2D eigenvalue weighted by atomic mass is 32.1. The largest absolute Gasteiger partial charge is 0.383 e. The van der Waals surface area contributed by atoms with E-state index in [1.807, 2.05) is 29.6 Å². The second-order valence-corrected chi connectivity index (χ2v) is 6.00. The molecule has 0 spiro atoms. The molecular formula is C16H21N3O2S. The molecule has 0 aliphatic heterocycles. The first-order valence-electron chi connectivity index (χ1n) is 7.13. The van der Waals surface area contributed by atoms with Crippen LogP contribution in [-0.2, 0) is 16.1 Å². The molecule has 2 rings (SSSR count). The zero-order valence-electron chi connectivity index (χ0n) is 13.1. The van der Waals surface area contributed by atoms with Crippen molar-refractivity contribution >= 4 is 22.4 Å². The van der Waals surface area contributed by atoms with Crippen LogP contribution in [0.3, 0.4) is 0 Å². The number of hydrogen-bond donors (Lipinski definition) is 2. The molecule has 0 unspecified atom stereocenters. The number of rotatable bonds is 7. The summed E-state index contributed by atoms with van der Waals surface area (Å²) < 4.78 is 5.10. The lowest BCUT2D eigenvalue weighted by Crippen LogP contribution is -2.20. The molecule has 1 heterocycles. The van der Waals surface area contributed by atoms with Gasteiger partial charge in [-0.25, -0.2) is 4.98 Å². The highest BCUT2D eigenvalue weighted by molar-refractivity contribution is 7.14. The lowest BCUT2D eigenvalue weighted by atomic mass is 10.1. The van der Waals surface area contributed by atoms with Crippen LogP contribution in [-0.4, -0.2) is 30.6 Å². The van der Waals surface area contributed by atoms with E-state index in [1.165, 1.54) is 6.92 Å². The van der Waals surface area contributed by atoms with Gasteiger partial charge >= 0.3 is 0 Å². The van der Waals surface area contributed by atoms with Crippen LogP contribution >= 0.6 is 11.3 Å². The van der Waals surface area contributed by atoms with Crippen LogP contribution in [0.4, 0.5) is 5.13 Å². The molecule has 1 aromatic heterocycles. The van der Waals surface area contributed by atoms with Crippen LogP contribution in [0.5, 0.6) is 0 Å². The number of amides is 1. The molecule has 0 saturated carbocycles. The summed E-state index contributed by atoms with van der Waals surface area (Å²) in [7, 11) is 1.69. The molecule has 0 saturated heterocycles. The van der Waals surface area contributed by atoms with E-state index in [0.717, 1.165) is 22.0 Å². The van der Waals surface area contributed by atoms with E-state index < -0.39 is 0 Å². The van der Waals surface area contributed by atoms with Gasteiger partial charge in [-0.3, -0.25) is 4.79 Å². The summed E-state index contributed by atoms with van der Waals surface area (Å²) in [6.45, 7) is 4.77. The minimum absolute atomic E-state index is 0.0236. The average molecular weight is 319 g/mol. The molecule has 0 aliphatic carbocycles. The Labute approximate surface area is 134 Å². The van der Waals surface area contributed by atoms with Crippen molar-refractivity contribution in [3.8, 4) is 11.3 Å². The molecule has 118 valence electrons. The number of methoxy groups -OCH3 is 1. The maximum Gasteiger partial charge on any atom is 0.217 e. The Hall–Kier alpha value is -1.92. The number of carbonyl (C=O) groups excluding carboxylic acids is 1. The average Bonchev–Trinajstić information content (AvgIpc) is 2.94. The van der Waals surface area contributed by atoms with Crippen molar-refractivity contribution in [2.24, 2.45) is 0 Å². The zero-order chi connectivity index (χ0) is 15.9. The van der Waals surface area contributed by atoms with Gasteiger partial charge in [0.25, 0.3) is 0 Å². The molecule has 0 fully saturated rings. The summed E-state index contributed by atoms with van der Waals surface area (Å²) in [5.41, 5.74) is 3.08. The molecule has 5 nitrogen and oxygen atoms in total. The fourth-order valence-electron chi connectivity index (χ4n) is 1.99. The van der Waals surface area contributed by atoms with Gasteiger partial charge in [0.2, 0.25) is 5.91 Å². The summed E-state index contributed by atoms with van der Waals surface area (Å²) in [6.07, 6.45) is 0. The predicted octanol–water partition coefficient (Wildman–Crippen LogP) is 2.89. The van der Waals surface area contributed by atoms with Gasteiger partial charge in [-0.05, 0) is 12.5 Å². The van der Waals surface area contributed by atoms with E-state index in [9.17, 15) is 4.79 Å². The van der Waals surface area contributed by atoms with Gasteiger partial charge in [-0.2, -0.15) is 0 Å². The number of nitrogens with one attached hydrogen (secondary N) is 2. The predicted molar refractivity (Wildman–Crippen MR) is 90.0 cm³/mol. The van der Waals surface area contributed by atoms with Crippen LogP contribution in [0, 0.1) is 0 Å². The Balaban J connectivity index is 1.99. The number of carbonyl (C=O) groups is 1. The second kappa shape index (κ2) is 7.91. The number of nitrogens with zero attached hydrogens (tertiary/aromatic N) is 1. The van der Waals surface area contributed by atoms with Gasteiger partial charge in [0, 0.05) is 37.6 Å². The normalized spacial score (nSPS) is 12.0. The number of benzene rings is 1. The molecule has 0 aliphatic rings. The zero-order valence-corrected chi connectivity index (χ0v) is 13.9. The van der Waals surface area contributed by atoms with E-state index in [2.05, 4.69) is 22.5 Å². The Morgan fingerprint density at radius 3 is 2.73 bits per heavy atom. The van der Waals surface area contributed by atoms with Crippen molar-refractivity contribution in [2.45, 2.75) is 26.4 Å². The van der Waals surface area contributed by atoms with Crippen LogP contribution in [0.2, 0.25) is 0 Å². The second-order valence-electron chi connectivity index (χ2n) is 5.15. The minimum atomic E-state index is -0.0236. The molecule has 22 heavy (non-hydrogen) atoms. The lowest BCUT2D eigenvalue weighted by molar-refractivity contribution is -0.119. The third-order valence-electron chi connectivity index (χ3n) is 3.08. The van der Waals surface area contributed by atoms with E-state index in [4.69, 9.17) is 4.74 Å². The van der Waals surface area contributed by atoms with Crippen molar-refractivity contribution < 1.29 is 9.53 Å². The fourth-order valence-corrected chi connectivity index (χ4v) is 2.83. The minimum Gasteiger partial charge on any atom is -0.383 e. The molecule has 2 aromatic rings. The van der Waals surface area contributed by atoms with Crippen molar-refractivity contribution in [1.82, 2.24) is 10.3 Å². The Morgan fingerprint density at radius 2 is 2.09 bits per heavy atom. The van der Waals surface area contributed by atoms with Gasteiger partial charge in [0.15, 0.2) is 5.13 Å². The number of hydrogen-bond acceptors (Lipinski definition) is 5. The molecule has 6 heteroatoms. The summed E-state index contributed by atoms with van der Waals surface area (Å²) in [4.78, 5) is 15.5. The van der Waals surface area contributed by atoms with Crippen LogP contribution < -0.4 is 10.6 Å². The standard InChI is InChI=1S/C16H21N3O2S/c1-11(9-21-3)18-16-19-15(10-22-16)14-6-4-13(5-7-14)8-17-12(2)20/h4-7,10-11H,8-9H2,1-3H3,(H,17,20)(H,18,19)/t11-/m0/s1. The first-order chi connectivity index (χ1) is 10.6. The summed E-state index contributed by atoms with van der Waals surface area (Å²) in [5.74, 6) is -0.0236. The van der Waals surface area contributed by atoms with Crippen LogP contribution in [0.15, 0.2) is 29.6 Å². The third kappa shape index (κ3) is 4.82. The molecular weight excluding hydrogens is 298 g/mol. The quantitative estimate of drug-likeness (QED) is 0.824. The highest BCUT2D eigenvalue weighted by Gasteiger charge is 2.07. The maximum atomic E-state index is 10.9. The van der Waals surface area contributed by atoms with E-state index in [1.54, 1.807) is 18.4 Å². The molecule has 1 aromatic carbocycles. The number of thiazole rings is 1. The van der Waals surface area contributed by atoms with Crippen molar-refractivity contribution in [2.75, 3.05) is 19.0 Å². The molecule has 0 bridgehead atoms. The maximum absolute atomic E-state index is 10.9. The van der Waals surface area contributed by atoms with Gasteiger partial charge in [-0.1, -0.05) is 24.3 Å². The molecule has 2 N–H and O–H groups in total. The Morgan fingerprint density at radius 1 is 1.36 bits per heavy atom. The summed E-state index contributed by atoms with van der Waals surface area (Å²) in [6, 6.07) is 8.28. The van der Waals surface area contributed by atoms with Crippen molar-refractivity contribution in [1.29, 1.82) is 0 Å². The molecule has 1 amide bonds. The van der Waals surface area contributed by atoms with Crippen molar-refractivity contribution in [3.05, 3.63) is 35.2 Å². The highest BCUT2D eigenvalue weighted by Crippen LogP contribution is 2.25. The lowest BCUT2D eigenvalue weighted by Gasteiger charge is -2.10. The number of aromatic nitrogens is 1. The number of anilines is 1. The Bertz CT molecular complexity index is 610. The Kier molecular flexibility index (Phi) is 5.91. The van der Waals surface area contributed by atoms with Crippen molar-refractivity contribution in [3.63, 3.8) is 0 Å². The molecule has 0 radical (unpaired) electrons. The summed E-state index contributed by atoms with van der Waals surface area (Å²) >= 11 is 1.58. The smallest absolute Gasteiger partial charge is 0.217 e. The number of ether oxygens (including phenoxy) is 1. The topological polar surface area (TPSA) is 63.2 Å². The van der Waals surface area contributed by atoms with Gasteiger partial charge in [0.05, 0.1) is 12.3 Å². The fraction of sp³-hybridized carbons (Fsp3) is 0.375. The third-order valence-corrected chi connectivity index (χ3v) is 3.86. The SMILES string of the molecule is COC[C@H](C)Nc1nc(-c2ccc(CNC(C)=O)cc2)cs1. The first kappa shape index (κ1) is 16.5. The van der Waals surface area contributed by atoms with Crippen LogP contribution in [0.1, 0.15) is 19.4 Å². The van der Waals surface area contributed by atoms with Crippen LogP contribution in [0.25, 0.3) is 11.3 Å². The summed E-state index contributed by atoms with van der Waals surface area (Å²) in [5, 5.41) is 9.02.